The second-order valence-electron chi connectivity index (χ2n) is 7.26. The third kappa shape index (κ3) is 3.46. The van der Waals surface area contributed by atoms with Gasteiger partial charge < -0.3 is 14.8 Å². The van der Waals surface area contributed by atoms with Crippen molar-refractivity contribution in [2.45, 2.75) is 13.0 Å². The predicted octanol–water partition coefficient (Wildman–Crippen LogP) is 5.24. The van der Waals surface area contributed by atoms with Gasteiger partial charge in [0.05, 0.1) is 35.3 Å². The summed E-state index contributed by atoms with van der Waals surface area (Å²) < 4.78 is 27.5. The van der Waals surface area contributed by atoms with Crippen molar-refractivity contribution < 1.29 is 13.9 Å². The monoisotopic (exact) mass is 468 g/mol. The van der Waals surface area contributed by atoms with E-state index in [2.05, 4.69) is 36.2 Å². The van der Waals surface area contributed by atoms with Crippen LogP contribution in [0.15, 0.2) is 53.4 Å². The van der Waals surface area contributed by atoms with Crippen LogP contribution in [0.2, 0.25) is 0 Å². The fourth-order valence-corrected chi connectivity index (χ4v) is 3.90. The van der Waals surface area contributed by atoms with Crippen molar-refractivity contribution in [1.29, 1.82) is 0 Å². The quantitative estimate of drug-likeness (QED) is 0.432. The minimum atomic E-state index is -0.382. The van der Waals surface area contributed by atoms with Gasteiger partial charge in [0, 0.05) is 22.0 Å². The minimum absolute atomic E-state index is 0.0345. The van der Waals surface area contributed by atoms with Crippen LogP contribution in [-0.4, -0.2) is 34.3 Å². The third-order valence-electron chi connectivity index (χ3n) is 5.28. The molecule has 5 rings (SSSR count). The first-order chi connectivity index (χ1) is 14.6. The summed E-state index contributed by atoms with van der Waals surface area (Å²) in [5, 5.41) is 4.26. The smallest absolute Gasteiger partial charge is 0.156 e. The van der Waals surface area contributed by atoms with E-state index in [0.29, 0.717) is 58.2 Å². The Labute approximate surface area is 180 Å². The molecule has 0 saturated carbocycles. The summed E-state index contributed by atoms with van der Waals surface area (Å²) in [6.45, 7) is 3.39. The Morgan fingerprint density at radius 3 is 2.83 bits per heavy atom. The van der Waals surface area contributed by atoms with E-state index in [1.165, 1.54) is 6.33 Å². The largest absolute Gasteiger partial charge is 0.489 e. The molecule has 152 valence electrons. The fraction of sp³-hybridized carbons (Fsp3) is 0.227. The first-order valence-electron chi connectivity index (χ1n) is 9.59. The molecule has 2 aromatic heterocycles. The number of nitrogens with one attached hydrogen (secondary N) is 1. The standard InChI is InChI=1S/C22H18BrFN4O2/c1-12(13-9-29-10-13)30-19-8-14(23)7-18-20(19)22(27-11-26-18)28-17-5-4-16-15(21(17)24)3-2-6-25-16/h2-8,11-13H,9-10H2,1H3,(H,26,27,28). The second kappa shape index (κ2) is 7.77. The first-order valence-corrected chi connectivity index (χ1v) is 10.4. The van der Waals surface area contributed by atoms with Crippen molar-refractivity contribution in [3.63, 3.8) is 0 Å². The Bertz CT molecular complexity index is 1250. The van der Waals surface area contributed by atoms with E-state index in [1.54, 1.807) is 30.5 Å². The number of rotatable bonds is 5. The van der Waals surface area contributed by atoms with Gasteiger partial charge in [0.1, 0.15) is 24.0 Å². The number of pyridine rings is 1. The molecular formula is C22H18BrFN4O2. The van der Waals surface area contributed by atoms with E-state index >= 15 is 4.39 Å². The number of anilines is 2. The van der Waals surface area contributed by atoms with E-state index in [9.17, 15) is 0 Å². The Hall–Kier alpha value is -2.84. The van der Waals surface area contributed by atoms with Gasteiger partial charge in [-0.25, -0.2) is 14.4 Å². The van der Waals surface area contributed by atoms with E-state index < -0.39 is 0 Å². The normalized spacial score (nSPS) is 15.2. The lowest BCUT2D eigenvalue weighted by Gasteiger charge is -2.32. The van der Waals surface area contributed by atoms with Crippen molar-refractivity contribution in [3.05, 3.63) is 59.2 Å². The zero-order chi connectivity index (χ0) is 20.7. The van der Waals surface area contributed by atoms with Crippen molar-refractivity contribution >= 4 is 49.2 Å². The van der Waals surface area contributed by atoms with E-state index in [0.717, 1.165) is 4.47 Å². The lowest BCUT2D eigenvalue weighted by Crippen LogP contribution is -2.39. The first kappa shape index (κ1) is 19.1. The highest BCUT2D eigenvalue weighted by Crippen LogP contribution is 2.37. The van der Waals surface area contributed by atoms with Crippen molar-refractivity contribution in [2.24, 2.45) is 5.92 Å². The maximum atomic E-state index is 15.1. The van der Waals surface area contributed by atoms with Crippen molar-refractivity contribution in [2.75, 3.05) is 18.5 Å². The second-order valence-corrected chi connectivity index (χ2v) is 8.18. The van der Waals surface area contributed by atoms with Gasteiger partial charge >= 0.3 is 0 Å². The molecule has 0 amide bonds. The average molecular weight is 469 g/mol. The predicted molar refractivity (Wildman–Crippen MR) is 117 cm³/mol. The Kier molecular flexibility index (Phi) is 4.96. The molecule has 8 heteroatoms. The zero-order valence-corrected chi connectivity index (χ0v) is 17.7. The summed E-state index contributed by atoms with van der Waals surface area (Å²) in [5.41, 5.74) is 1.60. The van der Waals surface area contributed by atoms with Crippen LogP contribution in [0, 0.1) is 11.7 Å². The molecule has 1 saturated heterocycles. The fourth-order valence-electron chi connectivity index (χ4n) is 3.47. The number of hydrogen-bond donors (Lipinski definition) is 1. The summed E-state index contributed by atoms with van der Waals surface area (Å²) >= 11 is 3.52. The maximum absolute atomic E-state index is 15.1. The topological polar surface area (TPSA) is 69.2 Å². The highest BCUT2D eigenvalue weighted by molar-refractivity contribution is 9.10. The van der Waals surface area contributed by atoms with Gasteiger partial charge in [-0.3, -0.25) is 4.98 Å². The number of fused-ring (bicyclic) bond motifs is 2. The van der Waals surface area contributed by atoms with Crippen molar-refractivity contribution in [3.8, 4) is 5.75 Å². The number of halogens is 2. The Morgan fingerprint density at radius 1 is 1.17 bits per heavy atom. The van der Waals surface area contributed by atoms with Crippen LogP contribution in [0.5, 0.6) is 5.75 Å². The van der Waals surface area contributed by atoms with E-state index in [-0.39, 0.29) is 11.9 Å². The molecule has 3 heterocycles. The van der Waals surface area contributed by atoms with Crippen LogP contribution in [-0.2, 0) is 4.74 Å². The van der Waals surface area contributed by atoms with Gasteiger partial charge in [0.2, 0.25) is 0 Å². The SMILES string of the molecule is CC(Oc1cc(Br)cc2ncnc(Nc3ccc4ncccc4c3F)c12)C1COC1. The Morgan fingerprint density at radius 2 is 2.03 bits per heavy atom. The van der Waals surface area contributed by atoms with Gasteiger partial charge in [-0.2, -0.15) is 0 Å². The van der Waals surface area contributed by atoms with Crippen LogP contribution in [0.4, 0.5) is 15.9 Å². The van der Waals surface area contributed by atoms with Crippen LogP contribution in [0.25, 0.3) is 21.8 Å². The van der Waals surface area contributed by atoms with Crippen LogP contribution >= 0.6 is 15.9 Å². The lowest BCUT2D eigenvalue weighted by atomic mass is 10.0. The molecule has 0 spiro atoms. The van der Waals surface area contributed by atoms with Crippen LogP contribution in [0.3, 0.4) is 0 Å². The number of benzene rings is 2. The van der Waals surface area contributed by atoms with Gasteiger partial charge in [-0.1, -0.05) is 15.9 Å². The summed E-state index contributed by atoms with van der Waals surface area (Å²) in [6, 6.07) is 10.6. The van der Waals surface area contributed by atoms with Gasteiger partial charge in [-0.15, -0.1) is 0 Å². The molecule has 1 unspecified atom stereocenters. The van der Waals surface area contributed by atoms with E-state index in [1.807, 2.05) is 19.1 Å². The molecule has 30 heavy (non-hydrogen) atoms. The Balaban J connectivity index is 1.58. The minimum Gasteiger partial charge on any atom is -0.489 e. The zero-order valence-electron chi connectivity index (χ0n) is 16.1. The molecule has 0 bridgehead atoms. The molecule has 6 nitrogen and oxygen atoms in total. The molecule has 2 aromatic carbocycles. The van der Waals surface area contributed by atoms with Gasteiger partial charge in [-0.05, 0) is 43.3 Å². The number of aromatic nitrogens is 3. The lowest BCUT2D eigenvalue weighted by molar-refractivity contribution is -0.0773. The molecule has 0 radical (unpaired) electrons. The molecule has 1 N–H and O–H groups in total. The van der Waals surface area contributed by atoms with Gasteiger partial charge in [0.15, 0.2) is 5.82 Å². The van der Waals surface area contributed by atoms with Crippen molar-refractivity contribution in [1.82, 2.24) is 15.0 Å². The molecule has 4 aromatic rings. The summed E-state index contributed by atoms with van der Waals surface area (Å²) in [6.07, 6.45) is 3.06. The van der Waals surface area contributed by atoms with Gasteiger partial charge in [0.25, 0.3) is 0 Å². The number of ether oxygens (including phenoxy) is 2. The van der Waals surface area contributed by atoms with Crippen LogP contribution in [0.1, 0.15) is 6.92 Å². The third-order valence-corrected chi connectivity index (χ3v) is 5.74. The number of hydrogen-bond acceptors (Lipinski definition) is 6. The average Bonchev–Trinajstić information content (AvgIpc) is 2.68. The van der Waals surface area contributed by atoms with E-state index in [4.69, 9.17) is 9.47 Å². The van der Waals surface area contributed by atoms with Crippen LogP contribution < -0.4 is 10.1 Å². The highest BCUT2D eigenvalue weighted by atomic mass is 79.9. The molecule has 1 aliphatic rings. The molecule has 1 fully saturated rings. The molecular weight excluding hydrogens is 451 g/mol. The summed E-state index contributed by atoms with van der Waals surface area (Å²) in [5.74, 6) is 1.06. The maximum Gasteiger partial charge on any atom is 0.156 e. The highest BCUT2D eigenvalue weighted by Gasteiger charge is 2.27. The molecule has 1 atom stereocenters. The summed E-state index contributed by atoms with van der Waals surface area (Å²) in [7, 11) is 0. The molecule has 1 aliphatic heterocycles. The molecule has 0 aliphatic carbocycles. The number of nitrogens with zero attached hydrogens (tertiary/aromatic N) is 3. The summed E-state index contributed by atoms with van der Waals surface area (Å²) in [4.78, 5) is 12.9.